The fourth-order valence-corrected chi connectivity index (χ4v) is 1.42. The monoisotopic (exact) mass is 223 g/mol. The molecular weight excluding hydrogens is 206 g/mol. The summed E-state index contributed by atoms with van der Waals surface area (Å²) in [4.78, 5) is 7.03. The summed E-state index contributed by atoms with van der Waals surface area (Å²) in [5.41, 5.74) is 5.60. The average molecular weight is 223 g/mol. The molecule has 0 bridgehead atoms. The molecule has 0 saturated carbocycles. The number of nitrogens with two attached hydrogens (primary N) is 1. The minimum atomic E-state index is 0.210. The van der Waals surface area contributed by atoms with Crippen LogP contribution in [0, 0.1) is 5.92 Å². The highest BCUT2D eigenvalue weighted by Gasteiger charge is 2.11. The van der Waals surface area contributed by atoms with Gasteiger partial charge in [0.25, 0.3) is 0 Å². The first-order chi connectivity index (χ1) is 7.15. The molecular formula is C11H17N3S. The van der Waals surface area contributed by atoms with Crippen LogP contribution in [0.1, 0.15) is 13.8 Å². The zero-order chi connectivity index (χ0) is 11.3. The predicted molar refractivity (Wildman–Crippen MR) is 68.1 cm³/mol. The summed E-state index contributed by atoms with van der Waals surface area (Å²) < 4.78 is 0. The zero-order valence-electron chi connectivity index (χ0n) is 9.18. The van der Waals surface area contributed by atoms with Crippen LogP contribution >= 0.6 is 12.2 Å². The third kappa shape index (κ3) is 3.47. The van der Waals surface area contributed by atoms with Gasteiger partial charge in [0.15, 0.2) is 0 Å². The Labute approximate surface area is 96.3 Å². The molecule has 0 saturated heterocycles. The lowest BCUT2D eigenvalue weighted by Gasteiger charge is -2.24. The average Bonchev–Trinajstić information content (AvgIpc) is 2.26. The molecule has 2 N–H and O–H groups in total. The lowest BCUT2D eigenvalue weighted by atomic mass is 10.1. The SMILES string of the molecule is CCN(CC(C)C(N)=S)c1ccccn1. The zero-order valence-corrected chi connectivity index (χ0v) is 10.00. The fraction of sp³-hybridized carbons (Fsp3) is 0.455. The maximum absolute atomic E-state index is 5.60. The Kier molecular flexibility index (Phi) is 4.49. The highest BCUT2D eigenvalue weighted by Crippen LogP contribution is 2.11. The Morgan fingerprint density at radius 2 is 2.33 bits per heavy atom. The van der Waals surface area contributed by atoms with E-state index in [4.69, 9.17) is 18.0 Å². The molecule has 0 aliphatic carbocycles. The van der Waals surface area contributed by atoms with Gasteiger partial charge in [-0.3, -0.25) is 0 Å². The normalized spacial score (nSPS) is 12.1. The predicted octanol–water partition coefficient (Wildman–Crippen LogP) is 1.83. The quantitative estimate of drug-likeness (QED) is 0.773. The lowest BCUT2D eigenvalue weighted by Crippen LogP contribution is -2.34. The number of thiocarbonyl (C=S) groups is 1. The molecule has 0 radical (unpaired) electrons. The molecule has 1 aromatic rings. The first kappa shape index (κ1) is 11.9. The largest absolute Gasteiger partial charge is 0.393 e. The van der Waals surface area contributed by atoms with Crippen molar-refractivity contribution in [2.45, 2.75) is 13.8 Å². The van der Waals surface area contributed by atoms with E-state index in [-0.39, 0.29) is 5.92 Å². The van der Waals surface area contributed by atoms with Crippen LogP contribution in [0.2, 0.25) is 0 Å². The van der Waals surface area contributed by atoms with Crippen molar-refractivity contribution >= 4 is 23.0 Å². The molecule has 0 spiro atoms. The van der Waals surface area contributed by atoms with Gasteiger partial charge in [-0.05, 0) is 19.1 Å². The second kappa shape index (κ2) is 5.66. The van der Waals surface area contributed by atoms with E-state index in [0.717, 1.165) is 18.9 Å². The van der Waals surface area contributed by atoms with Crippen LogP contribution in [0.15, 0.2) is 24.4 Å². The van der Waals surface area contributed by atoms with E-state index >= 15 is 0 Å². The Balaban J connectivity index is 2.69. The van der Waals surface area contributed by atoms with Gasteiger partial charge in [0.2, 0.25) is 0 Å². The van der Waals surface area contributed by atoms with Crippen molar-refractivity contribution in [1.82, 2.24) is 4.98 Å². The molecule has 1 rings (SSSR count). The lowest BCUT2D eigenvalue weighted by molar-refractivity contribution is 0.700. The Hall–Kier alpha value is -1.16. The number of rotatable bonds is 5. The van der Waals surface area contributed by atoms with Crippen LogP contribution < -0.4 is 10.6 Å². The van der Waals surface area contributed by atoms with Crippen LogP contribution in [-0.4, -0.2) is 23.1 Å². The van der Waals surface area contributed by atoms with E-state index in [1.807, 2.05) is 25.1 Å². The number of hydrogen-bond donors (Lipinski definition) is 1. The number of aromatic nitrogens is 1. The summed E-state index contributed by atoms with van der Waals surface area (Å²) in [6.45, 7) is 5.86. The fourth-order valence-electron chi connectivity index (χ4n) is 1.35. The van der Waals surface area contributed by atoms with Crippen molar-refractivity contribution in [3.05, 3.63) is 24.4 Å². The maximum Gasteiger partial charge on any atom is 0.128 e. The van der Waals surface area contributed by atoms with Gasteiger partial charge in [-0.25, -0.2) is 4.98 Å². The van der Waals surface area contributed by atoms with E-state index in [9.17, 15) is 0 Å². The van der Waals surface area contributed by atoms with E-state index < -0.39 is 0 Å². The summed E-state index contributed by atoms with van der Waals surface area (Å²) in [6.07, 6.45) is 1.80. The van der Waals surface area contributed by atoms with E-state index in [1.165, 1.54) is 0 Å². The van der Waals surface area contributed by atoms with E-state index in [2.05, 4.69) is 16.8 Å². The highest BCUT2D eigenvalue weighted by atomic mass is 32.1. The van der Waals surface area contributed by atoms with Crippen LogP contribution in [0.4, 0.5) is 5.82 Å². The van der Waals surface area contributed by atoms with Crippen molar-refractivity contribution in [2.24, 2.45) is 11.7 Å². The number of anilines is 1. The molecule has 0 amide bonds. The molecule has 15 heavy (non-hydrogen) atoms. The van der Waals surface area contributed by atoms with Crippen molar-refractivity contribution in [3.8, 4) is 0 Å². The summed E-state index contributed by atoms with van der Waals surface area (Å²) >= 11 is 4.97. The van der Waals surface area contributed by atoms with Gasteiger partial charge in [-0.15, -0.1) is 0 Å². The molecule has 1 unspecified atom stereocenters. The van der Waals surface area contributed by atoms with Gasteiger partial charge < -0.3 is 10.6 Å². The van der Waals surface area contributed by atoms with Crippen molar-refractivity contribution < 1.29 is 0 Å². The van der Waals surface area contributed by atoms with E-state index in [0.29, 0.717) is 4.99 Å². The Bertz CT molecular complexity index is 313. The number of nitrogens with zero attached hydrogens (tertiary/aromatic N) is 2. The highest BCUT2D eigenvalue weighted by molar-refractivity contribution is 7.80. The van der Waals surface area contributed by atoms with Gasteiger partial charge in [0.05, 0.1) is 4.99 Å². The van der Waals surface area contributed by atoms with Crippen molar-refractivity contribution in [2.75, 3.05) is 18.0 Å². The molecule has 1 atom stereocenters. The molecule has 4 heteroatoms. The maximum atomic E-state index is 5.60. The second-order valence-corrected chi connectivity index (χ2v) is 4.00. The third-order valence-corrected chi connectivity index (χ3v) is 2.74. The topological polar surface area (TPSA) is 42.1 Å². The van der Waals surface area contributed by atoms with Gasteiger partial charge >= 0.3 is 0 Å². The van der Waals surface area contributed by atoms with Gasteiger partial charge in [-0.2, -0.15) is 0 Å². The van der Waals surface area contributed by atoms with Gasteiger partial charge in [0, 0.05) is 25.2 Å². The summed E-state index contributed by atoms with van der Waals surface area (Å²) in [6, 6.07) is 5.89. The van der Waals surface area contributed by atoms with Crippen LogP contribution in [-0.2, 0) is 0 Å². The van der Waals surface area contributed by atoms with Crippen LogP contribution in [0.5, 0.6) is 0 Å². The molecule has 0 aliphatic heterocycles. The van der Waals surface area contributed by atoms with Crippen molar-refractivity contribution in [1.29, 1.82) is 0 Å². The first-order valence-corrected chi connectivity index (χ1v) is 5.51. The minimum absolute atomic E-state index is 0.210. The summed E-state index contributed by atoms with van der Waals surface area (Å²) in [7, 11) is 0. The minimum Gasteiger partial charge on any atom is -0.393 e. The summed E-state index contributed by atoms with van der Waals surface area (Å²) in [5.74, 6) is 1.19. The molecule has 82 valence electrons. The third-order valence-electron chi connectivity index (χ3n) is 2.33. The molecule has 0 aromatic carbocycles. The first-order valence-electron chi connectivity index (χ1n) is 5.10. The molecule has 1 aromatic heterocycles. The van der Waals surface area contributed by atoms with Crippen LogP contribution in [0.25, 0.3) is 0 Å². The van der Waals surface area contributed by atoms with Gasteiger partial charge in [-0.1, -0.05) is 25.2 Å². The van der Waals surface area contributed by atoms with Crippen molar-refractivity contribution in [3.63, 3.8) is 0 Å². The number of hydrogen-bond acceptors (Lipinski definition) is 3. The molecule has 1 heterocycles. The molecule has 0 aliphatic rings. The Morgan fingerprint density at radius 3 is 2.80 bits per heavy atom. The van der Waals surface area contributed by atoms with Crippen LogP contribution in [0.3, 0.4) is 0 Å². The smallest absolute Gasteiger partial charge is 0.128 e. The molecule has 0 fully saturated rings. The number of pyridine rings is 1. The second-order valence-electron chi connectivity index (χ2n) is 3.53. The standard InChI is InChI=1S/C11H17N3S/c1-3-14(8-9(2)11(12)15)10-6-4-5-7-13-10/h4-7,9H,3,8H2,1-2H3,(H2,12,15). The molecule has 3 nitrogen and oxygen atoms in total. The van der Waals surface area contributed by atoms with Gasteiger partial charge in [0.1, 0.15) is 5.82 Å². The van der Waals surface area contributed by atoms with E-state index in [1.54, 1.807) is 6.20 Å². The Morgan fingerprint density at radius 1 is 1.60 bits per heavy atom. The summed E-state index contributed by atoms with van der Waals surface area (Å²) in [5, 5.41) is 0.